The third kappa shape index (κ3) is 3.36. The Balaban J connectivity index is 1.79. The van der Waals surface area contributed by atoms with Crippen molar-refractivity contribution in [2.24, 2.45) is 0 Å². The Morgan fingerprint density at radius 1 is 1.22 bits per heavy atom. The van der Waals surface area contributed by atoms with Gasteiger partial charge in [0, 0.05) is 12.2 Å². The van der Waals surface area contributed by atoms with E-state index < -0.39 is 0 Å². The van der Waals surface area contributed by atoms with Crippen LogP contribution in [0.3, 0.4) is 0 Å². The van der Waals surface area contributed by atoms with E-state index in [1.807, 2.05) is 38.1 Å². The summed E-state index contributed by atoms with van der Waals surface area (Å²) in [5, 5.41) is 3.00. The van der Waals surface area contributed by atoms with Gasteiger partial charge in [-0.2, -0.15) is 0 Å². The second-order valence-corrected chi connectivity index (χ2v) is 6.15. The van der Waals surface area contributed by atoms with Crippen LogP contribution in [0.4, 0.5) is 14.9 Å². The van der Waals surface area contributed by atoms with Gasteiger partial charge in [-0.1, -0.05) is 24.3 Å². The zero-order valence-corrected chi connectivity index (χ0v) is 13.5. The number of likely N-dealkylation sites (tertiary alicyclic amines) is 1. The molecule has 3 rings (SSSR count). The van der Waals surface area contributed by atoms with Gasteiger partial charge < -0.3 is 10.2 Å². The van der Waals surface area contributed by atoms with Crippen LogP contribution in [0.2, 0.25) is 0 Å². The van der Waals surface area contributed by atoms with Crippen LogP contribution >= 0.6 is 0 Å². The average molecular weight is 312 g/mol. The topological polar surface area (TPSA) is 32.3 Å². The Kier molecular flexibility index (Phi) is 4.33. The number of hydrogen-bond acceptors (Lipinski definition) is 1. The maximum atomic E-state index is 13.5. The molecular weight excluding hydrogens is 291 g/mol. The number of nitrogens with zero attached hydrogens (tertiary/aromatic N) is 1. The molecule has 2 aromatic carbocycles. The molecule has 0 bridgehead atoms. The van der Waals surface area contributed by atoms with E-state index in [9.17, 15) is 9.18 Å². The second-order valence-electron chi connectivity index (χ2n) is 6.15. The average Bonchev–Trinajstić information content (AvgIpc) is 3.00. The third-order valence-corrected chi connectivity index (χ3v) is 4.38. The van der Waals surface area contributed by atoms with E-state index in [0.717, 1.165) is 35.2 Å². The number of amides is 2. The number of halogens is 1. The lowest BCUT2D eigenvalue weighted by atomic mass is 10.0. The Morgan fingerprint density at radius 3 is 2.83 bits per heavy atom. The van der Waals surface area contributed by atoms with Crippen LogP contribution in [0.25, 0.3) is 0 Å². The van der Waals surface area contributed by atoms with Crippen LogP contribution in [0.15, 0.2) is 42.5 Å². The molecule has 1 saturated heterocycles. The largest absolute Gasteiger partial charge is 0.322 e. The summed E-state index contributed by atoms with van der Waals surface area (Å²) in [7, 11) is 0. The van der Waals surface area contributed by atoms with Gasteiger partial charge >= 0.3 is 6.03 Å². The van der Waals surface area contributed by atoms with Crippen molar-refractivity contribution in [3.63, 3.8) is 0 Å². The highest BCUT2D eigenvalue weighted by Crippen LogP contribution is 2.32. The highest BCUT2D eigenvalue weighted by atomic mass is 19.1. The lowest BCUT2D eigenvalue weighted by Crippen LogP contribution is -2.34. The van der Waals surface area contributed by atoms with Crippen LogP contribution in [0, 0.1) is 19.7 Å². The fraction of sp³-hybridized carbons (Fsp3) is 0.316. The standard InChI is InChI=1S/C19H21FN2O/c1-13-8-9-14(2)17(11-13)21-19(23)22-10-4-7-18(22)15-5-3-6-16(20)12-15/h3,5-6,8-9,11-12,18H,4,7,10H2,1-2H3,(H,21,23)/t18-/m0/s1. The van der Waals surface area contributed by atoms with Gasteiger partial charge in [-0.25, -0.2) is 9.18 Å². The summed E-state index contributed by atoms with van der Waals surface area (Å²) in [6.45, 7) is 4.67. The third-order valence-electron chi connectivity index (χ3n) is 4.38. The van der Waals surface area contributed by atoms with Crippen LogP contribution in [0.5, 0.6) is 0 Å². The van der Waals surface area contributed by atoms with E-state index in [2.05, 4.69) is 5.32 Å². The molecule has 0 spiro atoms. The highest BCUT2D eigenvalue weighted by Gasteiger charge is 2.30. The zero-order valence-electron chi connectivity index (χ0n) is 13.5. The first-order valence-electron chi connectivity index (χ1n) is 7.95. The Bertz CT molecular complexity index is 729. The molecule has 120 valence electrons. The molecule has 4 heteroatoms. The number of aryl methyl sites for hydroxylation is 2. The molecule has 1 atom stereocenters. The summed E-state index contributed by atoms with van der Waals surface area (Å²) in [5.41, 5.74) is 3.83. The van der Waals surface area contributed by atoms with Gasteiger partial charge in [0.1, 0.15) is 5.82 Å². The van der Waals surface area contributed by atoms with Crippen molar-refractivity contribution in [3.05, 3.63) is 65.0 Å². The van der Waals surface area contributed by atoms with Crippen molar-refractivity contribution in [1.29, 1.82) is 0 Å². The van der Waals surface area contributed by atoms with Crippen molar-refractivity contribution < 1.29 is 9.18 Å². The molecule has 1 fully saturated rings. The normalized spacial score (nSPS) is 17.3. The molecule has 0 radical (unpaired) electrons. The number of carbonyl (C=O) groups excluding carboxylic acids is 1. The second kappa shape index (κ2) is 6.41. The number of hydrogen-bond donors (Lipinski definition) is 1. The molecule has 0 aromatic heterocycles. The van der Waals surface area contributed by atoms with Gasteiger partial charge in [-0.3, -0.25) is 0 Å². The number of carbonyl (C=O) groups is 1. The summed E-state index contributed by atoms with van der Waals surface area (Å²) in [4.78, 5) is 14.5. The summed E-state index contributed by atoms with van der Waals surface area (Å²) < 4.78 is 13.5. The summed E-state index contributed by atoms with van der Waals surface area (Å²) >= 11 is 0. The first kappa shape index (κ1) is 15.5. The van der Waals surface area contributed by atoms with E-state index in [1.54, 1.807) is 11.0 Å². The van der Waals surface area contributed by atoms with E-state index in [0.29, 0.717) is 6.54 Å². The zero-order chi connectivity index (χ0) is 16.4. The van der Waals surface area contributed by atoms with Gasteiger partial charge in [0.2, 0.25) is 0 Å². The number of benzene rings is 2. The monoisotopic (exact) mass is 312 g/mol. The molecule has 2 aromatic rings. The van der Waals surface area contributed by atoms with Crippen molar-refractivity contribution in [1.82, 2.24) is 4.90 Å². The number of urea groups is 1. The fourth-order valence-electron chi connectivity index (χ4n) is 3.13. The minimum atomic E-state index is -0.260. The van der Waals surface area contributed by atoms with E-state index in [1.165, 1.54) is 12.1 Å². The van der Waals surface area contributed by atoms with Gasteiger partial charge in [0.05, 0.1) is 6.04 Å². The fourth-order valence-corrected chi connectivity index (χ4v) is 3.13. The van der Waals surface area contributed by atoms with Gasteiger partial charge in [-0.15, -0.1) is 0 Å². The van der Waals surface area contributed by atoms with Gasteiger partial charge in [0.15, 0.2) is 0 Å². The van der Waals surface area contributed by atoms with Crippen LogP contribution in [-0.2, 0) is 0 Å². The smallest absolute Gasteiger partial charge is 0.317 e. The minimum absolute atomic E-state index is 0.0594. The first-order valence-corrected chi connectivity index (χ1v) is 7.95. The lowest BCUT2D eigenvalue weighted by molar-refractivity contribution is 0.207. The highest BCUT2D eigenvalue weighted by molar-refractivity contribution is 5.90. The molecule has 1 aliphatic heterocycles. The predicted molar refractivity (Wildman–Crippen MR) is 90.0 cm³/mol. The molecular formula is C19H21FN2O. The van der Waals surface area contributed by atoms with Crippen molar-refractivity contribution in [2.45, 2.75) is 32.7 Å². The molecule has 1 heterocycles. The Labute approximate surface area is 136 Å². The molecule has 2 amide bonds. The van der Waals surface area contributed by atoms with Crippen molar-refractivity contribution >= 4 is 11.7 Å². The summed E-state index contributed by atoms with van der Waals surface area (Å²) in [6, 6.07) is 12.4. The van der Waals surface area contributed by atoms with E-state index in [-0.39, 0.29) is 17.9 Å². The van der Waals surface area contributed by atoms with E-state index in [4.69, 9.17) is 0 Å². The van der Waals surface area contributed by atoms with Crippen molar-refractivity contribution in [2.75, 3.05) is 11.9 Å². The van der Waals surface area contributed by atoms with Crippen LogP contribution in [0.1, 0.15) is 35.6 Å². The maximum absolute atomic E-state index is 13.5. The molecule has 0 aliphatic carbocycles. The first-order chi connectivity index (χ1) is 11.0. The quantitative estimate of drug-likeness (QED) is 0.848. The van der Waals surface area contributed by atoms with Crippen molar-refractivity contribution in [3.8, 4) is 0 Å². The lowest BCUT2D eigenvalue weighted by Gasteiger charge is -2.26. The molecule has 0 saturated carbocycles. The summed E-state index contributed by atoms with van der Waals surface area (Å²) in [5.74, 6) is -0.260. The number of rotatable bonds is 2. The SMILES string of the molecule is Cc1ccc(C)c(NC(=O)N2CCC[C@H]2c2cccc(F)c2)c1. The van der Waals surface area contributed by atoms with Gasteiger partial charge in [0.25, 0.3) is 0 Å². The van der Waals surface area contributed by atoms with Crippen LogP contribution < -0.4 is 5.32 Å². The number of nitrogens with one attached hydrogen (secondary N) is 1. The predicted octanol–water partition coefficient (Wildman–Crippen LogP) is 4.81. The number of anilines is 1. The van der Waals surface area contributed by atoms with Gasteiger partial charge in [-0.05, 0) is 61.6 Å². The maximum Gasteiger partial charge on any atom is 0.322 e. The minimum Gasteiger partial charge on any atom is -0.317 e. The Morgan fingerprint density at radius 2 is 2.04 bits per heavy atom. The van der Waals surface area contributed by atoms with E-state index >= 15 is 0 Å². The molecule has 1 aliphatic rings. The molecule has 23 heavy (non-hydrogen) atoms. The molecule has 0 unspecified atom stereocenters. The van der Waals surface area contributed by atoms with Crippen LogP contribution in [-0.4, -0.2) is 17.5 Å². The Hall–Kier alpha value is -2.36. The molecule has 3 nitrogen and oxygen atoms in total. The molecule has 1 N–H and O–H groups in total. The summed E-state index contributed by atoms with van der Waals surface area (Å²) in [6.07, 6.45) is 1.80.